The molecule has 0 atom stereocenters. The molecule has 0 aliphatic carbocycles. The Morgan fingerprint density at radius 3 is 1.69 bits per heavy atom. The maximum Gasteiger partial charge on any atom is 0.355 e. The third kappa shape index (κ3) is 2.95. The minimum atomic E-state index is -1.81. The molecule has 0 saturated carbocycles. The fourth-order valence-corrected chi connectivity index (χ4v) is 2.47. The van der Waals surface area contributed by atoms with Crippen LogP contribution in [-0.4, -0.2) is 58.0 Å². The summed E-state index contributed by atoms with van der Waals surface area (Å²) in [7, 11) is 2.36. The van der Waals surface area contributed by atoms with Crippen molar-refractivity contribution < 1.29 is 44.0 Å². The molecule has 0 aliphatic heterocycles. The van der Waals surface area contributed by atoms with Crippen LogP contribution in [0, 0.1) is 0 Å². The number of benzene rings is 1. The van der Waals surface area contributed by atoms with Crippen LogP contribution in [0.4, 0.5) is 0 Å². The highest BCUT2D eigenvalue weighted by Crippen LogP contribution is 2.29. The lowest BCUT2D eigenvalue weighted by Crippen LogP contribution is -2.16. The summed E-state index contributed by atoms with van der Waals surface area (Å²) in [6, 6.07) is 5.55. The Labute approximate surface area is 145 Å². The summed E-state index contributed by atoms with van der Waals surface area (Å²) >= 11 is 0. The smallest absolute Gasteiger partial charge is 0.355 e. The number of rotatable bonds is 6. The van der Waals surface area contributed by atoms with E-state index in [-0.39, 0.29) is 5.69 Å². The highest BCUT2D eigenvalue weighted by Gasteiger charge is 2.38. The summed E-state index contributed by atoms with van der Waals surface area (Å²) in [5.74, 6) is -6.10. The van der Waals surface area contributed by atoms with Crippen molar-refractivity contribution in [3.63, 3.8) is 0 Å². The van der Waals surface area contributed by atoms with E-state index in [0.717, 1.165) is 11.7 Å². The first kappa shape index (κ1) is 18.5. The Hall–Kier alpha value is -3.82. The zero-order chi connectivity index (χ0) is 19.6. The molecule has 0 aliphatic rings. The largest absolute Gasteiger partial charge is 0.497 e. The van der Waals surface area contributed by atoms with Gasteiger partial charge in [0.2, 0.25) is 0 Å². The third-order valence-electron chi connectivity index (χ3n) is 3.51. The van der Waals surface area contributed by atoms with Crippen LogP contribution < -0.4 is 4.74 Å². The van der Waals surface area contributed by atoms with Gasteiger partial charge in [0.1, 0.15) is 28.3 Å². The summed E-state index contributed by atoms with van der Waals surface area (Å²) < 4.78 is 10.2. The van der Waals surface area contributed by atoms with Crippen LogP contribution in [0.25, 0.3) is 5.69 Å². The molecule has 136 valence electrons. The second-order valence-electron chi connectivity index (χ2n) is 4.89. The van der Waals surface area contributed by atoms with Crippen molar-refractivity contribution in [3.8, 4) is 11.4 Å². The van der Waals surface area contributed by atoms with Gasteiger partial charge in [-0.05, 0) is 24.3 Å². The molecule has 3 N–H and O–H groups in total. The molecule has 26 heavy (non-hydrogen) atoms. The highest BCUT2D eigenvalue weighted by molar-refractivity contribution is 6.14. The average Bonchev–Trinajstić information content (AvgIpc) is 2.97. The fourth-order valence-electron chi connectivity index (χ4n) is 2.47. The van der Waals surface area contributed by atoms with Crippen molar-refractivity contribution in [1.29, 1.82) is 0 Å². The van der Waals surface area contributed by atoms with Gasteiger partial charge in [0.05, 0.1) is 14.2 Å². The average molecular weight is 363 g/mol. The van der Waals surface area contributed by atoms with E-state index in [1.54, 1.807) is 0 Å². The number of hydrogen-bond acceptors (Lipinski definition) is 6. The van der Waals surface area contributed by atoms with Gasteiger partial charge in [0.25, 0.3) is 0 Å². The Balaban J connectivity index is 3.01. The molecular formula is C16H13NO9. The minimum absolute atomic E-state index is 0.0404. The summed E-state index contributed by atoms with van der Waals surface area (Å²) in [6.45, 7) is 0. The number of carboxylic acids is 3. The maximum atomic E-state index is 12.1. The van der Waals surface area contributed by atoms with Crippen LogP contribution in [0.2, 0.25) is 0 Å². The number of ether oxygens (including phenoxy) is 2. The number of carboxylic acid groups (broad SMARTS) is 3. The predicted octanol–water partition coefficient (Wildman–Crippen LogP) is 1.37. The van der Waals surface area contributed by atoms with Crippen molar-refractivity contribution in [2.75, 3.05) is 14.2 Å². The fraction of sp³-hybridized carbons (Fsp3) is 0.125. The number of aromatic carboxylic acids is 3. The van der Waals surface area contributed by atoms with Gasteiger partial charge in [-0.15, -0.1) is 0 Å². The van der Waals surface area contributed by atoms with E-state index in [9.17, 15) is 34.5 Å². The van der Waals surface area contributed by atoms with E-state index < -0.39 is 46.4 Å². The second kappa shape index (κ2) is 6.97. The van der Waals surface area contributed by atoms with E-state index in [1.165, 1.54) is 31.4 Å². The lowest BCUT2D eigenvalue weighted by Gasteiger charge is -2.11. The predicted molar refractivity (Wildman–Crippen MR) is 84.5 cm³/mol. The van der Waals surface area contributed by atoms with Crippen molar-refractivity contribution in [2.45, 2.75) is 0 Å². The first-order valence-electron chi connectivity index (χ1n) is 6.95. The molecule has 0 fully saturated rings. The maximum absolute atomic E-state index is 12.1. The second-order valence-corrected chi connectivity index (χ2v) is 4.89. The van der Waals surface area contributed by atoms with Crippen molar-refractivity contribution in [3.05, 3.63) is 46.8 Å². The normalized spacial score (nSPS) is 10.2. The van der Waals surface area contributed by atoms with Crippen LogP contribution in [0.1, 0.15) is 41.7 Å². The van der Waals surface area contributed by atoms with Gasteiger partial charge in [-0.25, -0.2) is 19.2 Å². The zero-order valence-electron chi connectivity index (χ0n) is 13.5. The number of carbonyl (C=O) groups is 4. The van der Waals surface area contributed by atoms with Gasteiger partial charge in [-0.3, -0.25) is 4.57 Å². The number of carbonyl (C=O) groups excluding carboxylic acids is 1. The van der Waals surface area contributed by atoms with Crippen molar-refractivity contribution in [1.82, 2.24) is 4.57 Å². The first-order chi connectivity index (χ1) is 12.2. The molecule has 10 heteroatoms. The molecule has 0 amide bonds. The molecule has 0 saturated heterocycles. The quantitative estimate of drug-likeness (QED) is 0.646. The molecule has 1 heterocycles. The first-order valence-corrected chi connectivity index (χ1v) is 6.95. The van der Waals surface area contributed by atoms with Crippen LogP contribution in [0.5, 0.6) is 5.75 Å². The molecule has 0 radical (unpaired) electrons. The van der Waals surface area contributed by atoms with Crippen molar-refractivity contribution >= 4 is 23.9 Å². The summed E-state index contributed by atoms with van der Waals surface area (Å²) in [5, 5.41) is 28.2. The summed E-state index contributed by atoms with van der Waals surface area (Å²) in [4.78, 5) is 47.0. The molecule has 0 bridgehead atoms. The third-order valence-corrected chi connectivity index (χ3v) is 3.51. The lowest BCUT2D eigenvalue weighted by atomic mass is 10.1. The van der Waals surface area contributed by atoms with Gasteiger partial charge in [-0.1, -0.05) is 0 Å². The molecule has 10 nitrogen and oxygen atoms in total. The van der Waals surface area contributed by atoms with E-state index in [1.807, 2.05) is 0 Å². The van der Waals surface area contributed by atoms with Crippen LogP contribution >= 0.6 is 0 Å². The molecule has 1 aromatic carbocycles. The zero-order valence-corrected chi connectivity index (χ0v) is 13.5. The van der Waals surface area contributed by atoms with Crippen LogP contribution in [-0.2, 0) is 4.74 Å². The molecule has 2 rings (SSSR count). The molecule has 2 aromatic rings. The van der Waals surface area contributed by atoms with Gasteiger partial charge in [0.15, 0.2) is 0 Å². The molecule has 1 aromatic heterocycles. The topological polar surface area (TPSA) is 152 Å². The Kier molecular flexibility index (Phi) is 4.96. The van der Waals surface area contributed by atoms with E-state index >= 15 is 0 Å². The van der Waals surface area contributed by atoms with E-state index in [2.05, 4.69) is 4.74 Å². The number of esters is 1. The number of aromatic nitrogens is 1. The van der Waals surface area contributed by atoms with E-state index in [4.69, 9.17) is 4.74 Å². The van der Waals surface area contributed by atoms with Crippen molar-refractivity contribution in [2.24, 2.45) is 0 Å². The molecular weight excluding hydrogens is 350 g/mol. The molecule has 0 unspecified atom stereocenters. The Morgan fingerprint density at radius 2 is 1.31 bits per heavy atom. The van der Waals surface area contributed by atoms with Crippen LogP contribution in [0.15, 0.2) is 24.3 Å². The van der Waals surface area contributed by atoms with Crippen LogP contribution in [0.3, 0.4) is 0 Å². The highest BCUT2D eigenvalue weighted by atomic mass is 16.5. The molecule has 0 spiro atoms. The van der Waals surface area contributed by atoms with Gasteiger partial charge in [0, 0.05) is 5.69 Å². The summed E-state index contributed by atoms with van der Waals surface area (Å²) in [5.41, 5.74) is -3.57. The monoisotopic (exact) mass is 363 g/mol. The number of hydrogen-bond donors (Lipinski definition) is 3. The Bertz CT molecular complexity index is 909. The van der Waals surface area contributed by atoms with Gasteiger partial charge < -0.3 is 24.8 Å². The number of methoxy groups -OCH3 is 2. The SMILES string of the molecule is COC(=O)c1c(C(=O)O)c(C(=O)O)c(C(=O)O)n1-c1ccc(OC)cc1. The lowest BCUT2D eigenvalue weighted by molar-refractivity contribution is 0.0573. The minimum Gasteiger partial charge on any atom is -0.497 e. The van der Waals surface area contributed by atoms with E-state index in [0.29, 0.717) is 5.75 Å². The van der Waals surface area contributed by atoms with Gasteiger partial charge in [-0.2, -0.15) is 0 Å². The summed E-state index contributed by atoms with van der Waals surface area (Å²) in [6.07, 6.45) is 0. The van der Waals surface area contributed by atoms with Gasteiger partial charge >= 0.3 is 23.9 Å². The Morgan fingerprint density at radius 1 is 0.808 bits per heavy atom. The number of nitrogens with zero attached hydrogens (tertiary/aromatic N) is 1. The standard InChI is InChI=1S/C16H13NO9/c1-25-8-5-3-7(4-6-8)17-11(15(22)23)9(13(18)19)10(14(20)21)12(17)16(24)26-2/h3-6H,1-2H3,(H,18,19)(H,20,21)(H,22,23).